The van der Waals surface area contributed by atoms with Crippen molar-refractivity contribution in [2.75, 3.05) is 26.4 Å². The predicted octanol–water partition coefficient (Wildman–Crippen LogP) is 34.9. The van der Waals surface area contributed by atoms with E-state index in [0.717, 1.165) is 115 Å². The van der Waals surface area contributed by atoms with Gasteiger partial charge in [-0.15, -0.1) is 0 Å². The molecule has 740 valence electrons. The molecule has 2 aromatic carbocycles. The molecule has 0 spiro atoms. The molecule has 0 aromatic heterocycles. The van der Waals surface area contributed by atoms with Crippen molar-refractivity contribution >= 4 is 81.9 Å². The quantitative estimate of drug-likeness (QED) is 0.0150. The zero-order valence-electron chi connectivity index (χ0n) is 83.7. The van der Waals surface area contributed by atoms with Crippen LogP contribution in [0, 0.1) is 0 Å². The summed E-state index contributed by atoms with van der Waals surface area (Å²) in [5.74, 6) is -3.63. The normalized spacial score (nSPS) is 11.8. The number of unbranched alkanes of at least 4 members (excludes halogenated alkanes) is 72. The molecule has 0 saturated heterocycles. The van der Waals surface area contributed by atoms with E-state index in [1.807, 2.05) is 0 Å². The Morgan fingerprint density at radius 1 is 0.217 bits per heavy atom. The SMILES string of the molecule is CCCCCCCCCCCCC/C=C/CCCCCCCCCOC(=O)c1cccc(S(=O)(=O)[O-])c1C(=O)OCCCCCCCCC/C=C/CCCCCCCCCCCCC.CCCCCCCCCCCCC/C=C/CCCCCCCCCOC(=O)c1cccc(S(=O)(=O)[O-])c1C(=O)OCCCCCCCCC/C=C/CCCCCCCCCCCCC.[Ca+2]. The molecule has 0 aliphatic heterocycles. The van der Waals surface area contributed by atoms with Crippen LogP contribution in [0.1, 0.15) is 583 Å². The van der Waals surface area contributed by atoms with E-state index in [9.17, 15) is 45.1 Å². The summed E-state index contributed by atoms with van der Waals surface area (Å²) in [6.45, 7) is 9.58. The van der Waals surface area contributed by atoms with Crippen molar-refractivity contribution in [3.05, 3.63) is 107 Å². The van der Waals surface area contributed by atoms with Crippen molar-refractivity contribution in [3.8, 4) is 0 Å². The molecule has 0 fully saturated rings. The average Bonchev–Trinajstić information content (AvgIpc) is 0.794. The molecule has 14 nitrogen and oxygen atoms in total. The molecule has 0 N–H and O–H groups in total. The third kappa shape index (κ3) is 80.2. The maximum Gasteiger partial charge on any atom is 2.00 e. The Balaban J connectivity index is 0.00000252. The first-order chi connectivity index (χ1) is 62.6. The summed E-state index contributed by atoms with van der Waals surface area (Å²) in [4.78, 5) is 50.7. The van der Waals surface area contributed by atoms with Crippen molar-refractivity contribution in [2.45, 2.75) is 551 Å². The molecular weight excluding hydrogens is 1670 g/mol. The first-order valence-electron chi connectivity index (χ1n) is 54.1. The van der Waals surface area contributed by atoms with Gasteiger partial charge in [-0.2, -0.15) is 0 Å². The van der Waals surface area contributed by atoms with Gasteiger partial charge in [0.05, 0.1) is 58.5 Å². The number of carbonyl (C=O) groups is 4. The zero-order valence-corrected chi connectivity index (χ0v) is 87.6. The maximum absolute atomic E-state index is 13.1. The topological polar surface area (TPSA) is 220 Å². The van der Waals surface area contributed by atoms with Crippen molar-refractivity contribution in [1.29, 1.82) is 0 Å². The number of allylic oxidation sites excluding steroid dienone is 8. The van der Waals surface area contributed by atoms with Crippen LogP contribution in [0.15, 0.2) is 94.8 Å². The van der Waals surface area contributed by atoms with Gasteiger partial charge in [0.2, 0.25) is 0 Å². The molecule has 2 aromatic rings. The number of carbonyl (C=O) groups excluding carboxylic acids is 4. The fourth-order valence-corrected chi connectivity index (χ4v) is 18.2. The van der Waals surface area contributed by atoms with Crippen LogP contribution in [-0.4, -0.2) is 114 Å². The molecule has 0 aliphatic rings. The summed E-state index contributed by atoms with van der Waals surface area (Å²) in [5.41, 5.74) is -1.56. The van der Waals surface area contributed by atoms with Gasteiger partial charge in [-0.05, 0) is 153 Å². The number of esters is 4. The Kier molecular flexibility index (Phi) is 93.3. The summed E-state index contributed by atoms with van der Waals surface area (Å²) in [6, 6.07) is 7.28. The Hall–Kier alpha value is -3.64. The smallest absolute Gasteiger partial charge is 0.744 e. The van der Waals surface area contributed by atoms with E-state index in [1.54, 1.807) is 0 Å². The zero-order chi connectivity index (χ0) is 92.9. The van der Waals surface area contributed by atoms with Gasteiger partial charge < -0.3 is 28.1 Å². The van der Waals surface area contributed by atoms with Crippen molar-refractivity contribution < 1.29 is 64.1 Å². The molecule has 0 amide bonds. The molecule has 0 radical (unpaired) electrons. The minimum Gasteiger partial charge on any atom is -0.744 e. The second kappa shape index (κ2) is 96.1. The van der Waals surface area contributed by atoms with E-state index in [-0.39, 0.29) is 75.3 Å². The molecule has 0 saturated carbocycles. The van der Waals surface area contributed by atoms with Crippen molar-refractivity contribution in [3.63, 3.8) is 0 Å². The van der Waals surface area contributed by atoms with Crippen LogP contribution in [0.3, 0.4) is 0 Å². The molecule has 0 aliphatic carbocycles. The molecule has 17 heteroatoms. The molecule has 0 atom stereocenters. The van der Waals surface area contributed by atoms with E-state index in [2.05, 4.69) is 76.3 Å². The molecule has 0 bridgehead atoms. The van der Waals surface area contributed by atoms with Gasteiger partial charge in [0.15, 0.2) is 0 Å². The van der Waals surface area contributed by atoms with Crippen LogP contribution in [0.2, 0.25) is 0 Å². The van der Waals surface area contributed by atoms with E-state index in [0.29, 0.717) is 25.7 Å². The predicted molar refractivity (Wildman–Crippen MR) is 544 cm³/mol. The average molecular weight is 1870 g/mol. The molecule has 129 heavy (non-hydrogen) atoms. The van der Waals surface area contributed by atoms with E-state index >= 15 is 0 Å². The number of ether oxygens (including phenoxy) is 4. The van der Waals surface area contributed by atoms with Crippen LogP contribution in [0.25, 0.3) is 0 Å². The van der Waals surface area contributed by atoms with Gasteiger partial charge in [0.25, 0.3) is 0 Å². The third-order valence-electron chi connectivity index (χ3n) is 25.0. The van der Waals surface area contributed by atoms with E-state index < -0.39 is 65.0 Å². The Morgan fingerprint density at radius 3 is 0.512 bits per heavy atom. The van der Waals surface area contributed by atoms with Gasteiger partial charge in [-0.3, -0.25) is 0 Å². The summed E-state index contributed by atoms with van der Waals surface area (Å²) in [5, 5.41) is 0. The number of rotatable bonds is 94. The minimum atomic E-state index is -5.02. The molecule has 0 heterocycles. The second-order valence-corrected chi connectivity index (χ2v) is 39.7. The largest absolute Gasteiger partial charge is 2.00 e. The fourth-order valence-electron chi connectivity index (χ4n) is 16.8. The minimum absolute atomic E-state index is 0. The van der Waals surface area contributed by atoms with E-state index in [4.69, 9.17) is 18.9 Å². The number of benzene rings is 2. The van der Waals surface area contributed by atoms with Crippen LogP contribution in [0.5, 0.6) is 0 Å². The van der Waals surface area contributed by atoms with E-state index in [1.165, 1.54) is 410 Å². The van der Waals surface area contributed by atoms with Gasteiger partial charge in [-0.25, -0.2) is 36.0 Å². The van der Waals surface area contributed by atoms with Gasteiger partial charge in [-0.1, -0.05) is 474 Å². The molecule has 2 rings (SSSR count). The van der Waals surface area contributed by atoms with Crippen molar-refractivity contribution in [2.24, 2.45) is 0 Å². The fraction of sp³-hybridized carbons (Fsp3) is 0.786. The standard InChI is InChI=1S/2C56H98O7S.Ca/c2*1-3-5-7-9-11-13-15-17-19-21-23-25-27-29-31-33-35-37-39-41-43-45-50-62-55(57)52-48-47-49-53(64(59,60)61)54(52)56(58)63-51-46-44-42-40-38-36-34-32-30-28-26-24-22-20-18-16-14-12-10-8-6-4-2;/h2*27-30,47-49H,3-26,31-46,50-51H2,1-2H3,(H,59,60,61);/q;;+2/p-2/b2*29-27+,30-28+;. The van der Waals surface area contributed by atoms with Gasteiger partial charge >= 0.3 is 61.6 Å². The summed E-state index contributed by atoms with van der Waals surface area (Å²) in [6.07, 6.45) is 118. The summed E-state index contributed by atoms with van der Waals surface area (Å²) >= 11 is 0. The van der Waals surface area contributed by atoms with Crippen LogP contribution >= 0.6 is 0 Å². The summed E-state index contributed by atoms with van der Waals surface area (Å²) < 4.78 is 94.0. The molecule has 0 unspecified atom stereocenters. The molecular formula is C112H194CaO14S2. The number of hydrogen-bond donors (Lipinski definition) is 0. The third-order valence-corrected chi connectivity index (χ3v) is 26.8. The Morgan fingerprint density at radius 2 is 0.357 bits per heavy atom. The van der Waals surface area contributed by atoms with Gasteiger partial charge in [0, 0.05) is 0 Å². The van der Waals surface area contributed by atoms with Crippen molar-refractivity contribution in [1.82, 2.24) is 0 Å². The number of hydrogen-bond acceptors (Lipinski definition) is 14. The monoisotopic (exact) mass is 1870 g/mol. The van der Waals surface area contributed by atoms with Gasteiger partial charge in [0.1, 0.15) is 20.2 Å². The van der Waals surface area contributed by atoms with Crippen LogP contribution in [0.4, 0.5) is 0 Å². The second-order valence-electron chi connectivity index (χ2n) is 37.0. The van der Waals surface area contributed by atoms with Crippen LogP contribution < -0.4 is 0 Å². The Labute approximate surface area is 824 Å². The maximum atomic E-state index is 13.1. The van der Waals surface area contributed by atoms with Crippen LogP contribution in [-0.2, 0) is 39.2 Å². The summed E-state index contributed by atoms with van der Waals surface area (Å²) in [7, 11) is -10.0. The first kappa shape index (κ1) is 125. The Bertz CT molecular complexity index is 3020. The first-order valence-corrected chi connectivity index (χ1v) is 56.9.